The molecule has 2 atom stereocenters. The van der Waals surface area contributed by atoms with Gasteiger partial charge in [-0.25, -0.2) is 0 Å². The molecular formula is C4H7Cl3. The van der Waals surface area contributed by atoms with E-state index in [0.717, 1.165) is 0 Å². The van der Waals surface area contributed by atoms with Crippen LogP contribution in [-0.2, 0) is 0 Å². The molecule has 0 aliphatic carbocycles. The van der Waals surface area contributed by atoms with Crippen molar-refractivity contribution in [1.82, 2.24) is 0 Å². The summed E-state index contributed by atoms with van der Waals surface area (Å²) in [6, 6.07) is 0. The third-order valence-electron chi connectivity index (χ3n) is 0.646. The predicted octanol–water partition coefficient (Wildman–Crippen LogP) is 2.46. The van der Waals surface area contributed by atoms with Gasteiger partial charge in [0.15, 0.2) is 0 Å². The lowest BCUT2D eigenvalue weighted by Crippen LogP contribution is -2.11. The molecule has 0 aliphatic heterocycles. The molecule has 2 unspecified atom stereocenters. The minimum absolute atomic E-state index is 0.0285. The highest BCUT2D eigenvalue weighted by atomic mass is 35.5. The van der Waals surface area contributed by atoms with Crippen molar-refractivity contribution in [3.8, 4) is 0 Å². The molecule has 44 valence electrons. The molecule has 0 saturated heterocycles. The van der Waals surface area contributed by atoms with Crippen LogP contribution in [0.5, 0.6) is 0 Å². The summed E-state index contributed by atoms with van der Waals surface area (Å²) in [4.78, 5) is 0. The maximum Gasteiger partial charge on any atom is 0.0632 e. The third kappa shape index (κ3) is 3.45. The van der Waals surface area contributed by atoms with Gasteiger partial charge in [0.1, 0.15) is 0 Å². The minimum Gasteiger partial charge on any atom is -0.125 e. The Morgan fingerprint density at radius 2 is 1.86 bits per heavy atom. The summed E-state index contributed by atoms with van der Waals surface area (Å²) in [5, 5.41) is -0.123. The van der Waals surface area contributed by atoms with Crippen LogP contribution in [0.4, 0.5) is 0 Å². The van der Waals surface area contributed by atoms with Gasteiger partial charge < -0.3 is 0 Å². The van der Waals surface area contributed by atoms with Gasteiger partial charge >= 0.3 is 0 Å². The van der Waals surface area contributed by atoms with Crippen molar-refractivity contribution < 1.29 is 0 Å². The molecule has 0 aromatic carbocycles. The molecule has 0 spiro atoms. The third-order valence-corrected chi connectivity index (χ3v) is 2.10. The molecule has 0 rings (SSSR count). The van der Waals surface area contributed by atoms with Gasteiger partial charge in [0.2, 0.25) is 0 Å². The molecule has 0 aromatic rings. The molecule has 7 heavy (non-hydrogen) atoms. The lowest BCUT2D eigenvalue weighted by atomic mass is 10.4. The molecule has 0 N–H and O–H groups in total. The highest BCUT2D eigenvalue weighted by Gasteiger charge is 2.07. The zero-order valence-electron chi connectivity index (χ0n) is 4.00. The zero-order valence-corrected chi connectivity index (χ0v) is 6.26. The minimum atomic E-state index is -0.0941. The van der Waals surface area contributed by atoms with Crippen LogP contribution in [0.2, 0.25) is 0 Å². The van der Waals surface area contributed by atoms with E-state index in [1.54, 1.807) is 0 Å². The van der Waals surface area contributed by atoms with E-state index in [1.807, 2.05) is 6.92 Å². The highest BCUT2D eigenvalue weighted by molar-refractivity contribution is 6.33. The van der Waals surface area contributed by atoms with Gasteiger partial charge in [-0.1, -0.05) is 0 Å². The van der Waals surface area contributed by atoms with Crippen molar-refractivity contribution in [3.05, 3.63) is 0 Å². The fraction of sp³-hybridized carbons (Fsp3) is 1.00. The molecule has 0 aromatic heterocycles. The number of halogens is 3. The van der Waals surface area contributed by atoms with Crippen LogP contribution in [0.15, 0.2) is 0 Å². The number of hydrogen-bond acceptors (Lipinski definition) is 0. The molecule has 0 heterocycles. The second kappa shape index (κ2) is 3.82. The normalized spacial score (nSPS) is 18.9. The fourth-order valence-corrected chi connectivity index (χ4v) is 0.570. The molecular weight excluding hydrogens is 154 g/mol. The largest absolute Gasteiger partial charge is 0.125 e. The first-order valence-corrected chi connectivity index (χ1v) is 3.43. The Labute approximate surface area is 58.7 Å². The molecule has 0 fully saturated rings. The summed E-state index contributed by atoms with van der Waals surface area (Å²) in [6.45, 7) is 1.82. The van der Waals surface area contributed by atoms with Crippen molar-refractivity contribution in [2.75, 3.05) is 5.88 Å². The van der Waals surface area contributed by atoms with Gasteiger partial charge in [0.05, 0.1) is 5.38 Å². The summed E-state index contributed by atoms with van der Waals surface area (Å²) in [5.41, 5.74) is 0. The Hall–Kier alpha value is 0.870. The van der Waals surface area contributed by atoms with Crippen LogP contribution < -0.4 is 0 Å². The van der Waals surface area contributed by atoms with E-state index in [9.17, 15) is 0 Å². The van der Waals surface area contributed by atoms with Gasteiger partial charge in [-0.2, -0.15) is 0 Å². The van der Waals surface area contributed by atoms with Gasteiger partial charge in [-0.05, 0) is 6.92 Å². The number of rotatable bonds is 2. The standard InChI is InChI=1S/C4H7Cl3/c1-3(6)4(7)2-5/h3-4H,2H2,1H3. The Morgan fingerprint density at radius 1 is 1.43 bits per heavy atom. The lowest BCUT2D eigenvalue weighted by Gasteiger charge is -2.04. The van der Waals surface area contributed by atoms with E-state index < -0.39 is 0 Å². The van der Waals surface area contributed by atoms with E-state index in [1.165, 1.54) is 0 Å². The Balaban J connectivity index is 3.14. The van der Waals surface area contributed by atoms with Gasteiger partial charge in [-0.15, -0.1) is 34.8 Å². The van der Waals surface area contributed by atoms with E-state index in [-0.39, 0.29) is 10.8 Å². The molecule has 0 bridgehead atoms. The van der Waals surface area contributed by atoms with Crippen molar-refractivity contribution in [3.63, 3.8) is 0 Å². The first-order chi connectivity index (χ1) is 3.18. The van der Waals surface area contributed by atoms with Crippen LogP contribution in [-0.4, -0.2) is 16.6 Å². The topological polar surface area (TPSA) is 0 Å². The second-order valence-electron chi connectivity index (χ2n) is 1.35. The van der Waals surface area contributed by atoms with Crippen LogP contribution in [0, 0.1) is 0 Å². The van der Waals surface area contributed by atoms with Crippen molar-refractivity contribution >= 4 is 34.8 Å². The van der Waals surface area contributed by atoms with Crippen LogP contribution >= 0.6 is 34.8 Å². The first-order valence-electron chi connectivity index (χ1n) is 2.02. The second-order valence-corrected chi connectivity index (χ2v) is 2.91. The summed E-state index contributed by atoms with van der Waals surface area (Å²) < 4.78 is 0. The van der Waals surface area contributed by atoms with E-state index in [0.29, 0.717) is 5.88 Å². The van der Waals surface area contributed by atoms with Crippen LogP contribution in [0.3, 0.4) is 0 Å². The first kappa shape index (κ1) is 7.87. The SMILES string of the molecule is CC(Cl)C(Cl)CCl. The van der Waals surface area contributed by atoms with E-state index >= 15 is 0 Å². The molecule has 0 nitrogen and oxygen atoms in total. The van der Waals surface area contributed by atoms with E-state index in [4.69, 9.17) is 34.8 Å². The fourth-order valence-electron chi connectivity index (χ4n) is 0.123. The highest BCUT2D eigenvalue weighted by Crippen LogP contribution is 2.09. The monoisotopic (exact) mass is 160 g/mol. The predicted molar refractivity (Wildman–Crippen MR) is 35.7 cm³/mol. The maximum atomic E-state index is 5.54. The lowest BCUT2D eigenvalue weighted by molar-refractivity contribution is 0.911. The summed E-state index contributed by atoms with van der Waals surface area (Å²) >= 11 is 16.4. The zero-order chi connectivity index (χ0) is 5.86. The molecule has 0 saturated carbocycles. The van der Waals surface area contributed by atoms with Gasteiger partial charge in [0, 0.05) is 11.3 Å². The van der Waals surface area contributed by atoms with Crippen LogP contribution in [0.1, 0.15) is 6.92 Å². The molecule has 0 amide bonds. The average molecular weight is 161 g/mol. The van der Waals surface area contributed by atoms with E-state index in [2.05, 4.69) is 0 Å². The van der Waals surface area contributed by atoms with Crippen molar-refractivity contribution in [1.29, 1.82) is 0 Å². The maximum absolute atomic E-state index is 5.54. The Bertz CT molecular complexity index is 44.2. The molecule has 0 radical (unpaired) electrons. The smallest absolute Gasteiger partial charge is 0.0632 e. The van der Waals surface area contributed by atoms with Gasteiger partial charge in [-0.3, -0.25) is 0 Å². The van der Waals surface area contributed by atoms with Crippen molar-refractivity contribution in [2.45, 2.75) is 17.7 Å². The van der Waals surface area contributed by atoms with Crippen LogP contribution in [0.25, 0.3) is 0 Å². The summed E-state index contributed by atoms with van der Waals surface area (Å²) in [6.07, 6.45) is 0. The quantitative estimate of drug-likeness (QED) is 0.546. The summed E-state index contributed by atoms with van der Waals surface area (Å²) in [5.74, 6) is 0.423. The van der Waals surface area contributed by atoms with Gasteiger partial charge in [0.25, 0.3) is 0 Å². The number of alkyl halides is 3. The molecule has 0 aliphatic rings. The number of hydrogen-bond donors (Lipinski definition) is 0. The summed E-state index contributed by atoms with van der Waals surface area (Å²) in [7, 11) is 0. The Kier molecular flexibility index (Phi) is 4.30. The average Bonchev–Trinajstić information content (AvgIpc) is 1.65. The van der Waals surface area contributed by atoms with Crippen molar-refractivity contribution in [2.24, 2.45) is 0 Å². The Morgan fingerprint density at radius 3 is 1.86 bits per heavy atom. The molecule has 3 heteroatoms.